The van der Waals surface area contributed by atoms with E-state index in [4.69, 9.17) is 15.0 Å². The highest BCUT2D eigenvalue weighted by Gasteiger charge is 2.16. The molecular weight excluding hydrogens is 615 g/mol. The second kappa shape index (κ2) is 12.4. The number of aromatic nitrogens is 3. The second-order valence-electron chi connectivity index (χ2n) is 12.0. The Kier molecular flexibility index (Phi) is 7.34. The molecule has 0 aliphatic carbocycles. The molecule has 7 aromatic carbocycles. The molecule has 0 radical (unpaired) electrons. The number of hydrogen-bond donors (Lipinski definition) is 0. The zero-order chi connectivity index (χ0) is 32.6. The van der Waals surface area contributed by atoms with E-state index in [9.17, 15) is 0 Å². The lowest BCUT2D eigenvalue weighted by Crippen LogP contribution is -2.01. The summed E-state index contributed by atoms with van der Waals surface area (Å²) in [6, 6.07) is 61.6. The monoisotopic (exact) mass is 643 g/mol. The van der Waals surface area contributed by atoms with Gasteiger partial charge in [-0.15, -0.1) is 11.3 Å². The second-order valence-corrected chi connectivity index (χ2v) is 13.1. The van der Waals surface area contributed by atoms with Gasteiger partial charge in [0.05, 0.1) is 0 Å². The molecular formula is C45H29N3S. The Morgan fingerprint density at radius 3 is 1.41 bits per heavy atom. The van der Waals surface area contributed by atoms with Gasteiger partial charge in [0.15, 0.2) is 17.5 Å². The van der Waals surface area contributed by atoms with Crippen LogP contribution in [0.15, 0.2) is 176 Å². The molecule has 0 spiro atoms. The van der Waals surface area contributed by atoms with Gasteiger partial charge in [-0.25, -0.2) is 15.0 Å². The van der Waals surface area contributed by atoms with Crippen LogP contribution in [0.4, 0.5) is 0 Å². The fraction of sp³-hybridized carbons (Fsp3) is 0. The molecule has 9 rings (SSSR count). The van der Waals surface area contributed by atoms with Crippen molar-refractivity contribution in [1.29, 1.82) is 0 Å². The predicted octanol–water partition coefficient (Wildman–Crippen LogP) is 12.2. The molecule has 49 heavy (non-hydrogen) atoms. The summed E-state index contributed by atoms with van der Waals surface area (Å²) < 4.78 is 2.65. The summed E-state index contributed by atoms with van der Waals surface area (Å²) in [5, 5.41) is 2.64. The van der Waals surface area contributed by atoms with Crippen molar-refractivity contribution in [3.05, 3.63) is 176 Å². The molecule has 0 atom stereocenters. The van der Waals surface area contributed by atoms with E-state index in [2.05, 4.69) is 133 Å². The van der Waals surface area contributed by atoms with Crippen LogP contribution in [0.3, 0.4) is 0 Å². The summed E-state index contributed by atoms with van der Waals surface area (Å²) in [5.41, 5.74) is 9.81. The van der Waals surface area contributed by atoms with Crippen molar-refractivity contribution in [3.63, 3.8) is 0 Å². The van der Waals surface area contributed by atoms with E-state index in [0.717, 1.165) is 38.9 Å². The summed E-state index contributed by atoms with van der Waals surface area (Å²) in [6.45, 7) is 0. The Labute approximate surface area is 288 Å². The van der Waals surface area contributed by atoms with Crippen LogP contribution in [0.1, 0.15) is 0 Å². The smallest absolute Gasteiger partial charge is 0.164 e. The third-order valence-electron chi connectivity index (χ3n) is 8.99. The van der Waals surface area contributed by atoms with Crippen molar-refractivity contribution in [1.82, 2.24) is 15.0 Å². The van der Waals surface area contributed by atoms with Crippen molar-refractivity contribution < 1.29 is 0 Å². The number of fused-ring (bicyclic) bond motifs is 3. The van der Waals surface area contributed by atoms with Gasteiger partial charge in [-0.1, -0.05) is 158 Å². The molecule has 0 saturated carbocycles. The van der Waals surface area contributed by atoms with E-state index >= 15 is 0 Å². The van der Waals surface area contributed by atoms with Crippen LogP contribution in [-0.2, 0) is 0 Å². The fourth-order valence-corrected chi connectivity index (χ4v) is 7.55. The first kappa shape index (κ1) is 29.0. The Bertz CT molecular complexity index is 2570. The molecule has 9 aromatic rings. The molecule has 0 N–H and O–H groups in total. The molecule has 0 fully saturated rings. The minimum Gasteiger partial charge on any atom is -0.208 e. The fourth-order valence-electron chi connectivity index (χ4n) is 6.46. The zero-order valence-corrected chi connectivity index (χ0v) is 27.3. The van der Waals surface area contributed by atoms with Crippen molar-refractivity contribution >= 4 is 31.5 Å². The number of hydrogen-bond acceptors (Lipinski definition) is 4. The van der Waals surface area contributed by atoms with E-state index in [1.807, 2.05) is 53.8 Å². The molecule has 0 bridgehead atoms. The molecule has 3 nitrogen and oxygen atoms in total. The highest BCUT2D eigenvalue weighted by molar-refractivity contribution is 7.25. The van der Waals surface area contributed by atoms with Crippen LogP contribution in [0.2, 0.25) is 0 Å². The maximum absolute atomic E-state index is 5.05. The molecule has 0 aliphatic rings. The minimum absolute atomic E-state index is 0.643. The third-order valence-corrected chi connectivity index (χ3v) is 10.1. The standard InChI is InChI=1S/C45H29N3S/c1-3-11-33(12-4-1)37-15-7-8-17-39(37)45-47-43(34-13-5-2-6-14-34)46-44(48-45)35-25-23-31(24-26-35)30-19-21-32(22-20-30)36-27-28-42-40(29-36)38-16-9-10-18-41(38)49-42/h1-29H. The Morgan fingerprint density at radius 1 is 0.286 bits per heavy atom. The van der Waals surface area contributed by atoms with E-state index in [-0.39, 0.29) is 0 Å². The van der Waals surface area contributed by atoms with Crippen molar-refractivity contribution in [2.24, 2.45) is 0 Å². The number of benzene rings is 7. The summed E-state index contributed by atoms with van der Waals surface area (Å²) in [4.78, 5) is 15.0. The molecule has 0 amide bonds. The molecule has 0 unspecified atom stereocenters. The summed E-state index contributed by atoms with van der Waals surface area (Å²) >= 11 is 1.85. The quantitative estimate of drug-likeness (QED) is 0.181. The van der Waals surface area contributed by atoms with Gasteiger partial charge < -0.3 is 0 Å². The van der Waals surface area contributed by atoms with Gasteiger partial charge >= 0.3 is 0 Å². The van der Waals surface area contributed by atoms with Gasteiger partial charge in [0.1, 0.15) is 0 Å². The van der Waals surface area contributed by atoms with Gasteiger partial charge in [0, 0.05) is 36.9 Å². The zero-order valence-electron chi connectivity index (χ0n) is 26.5. The number of nitrogens with zero attached hydrogens (tertiary/aromatic N) is 3. The summed E-state index contributed by atoms with van der Waals surface area (Å²) in [6.07, 6.45) is 0. The van der Waals surface area contributed by atoms with E-state index < -0.39 is 0 Å². The highest BCUT2D eigenvalue weighted by Crippen LogP contribution is 2.37. The first-order valence-electron chi connectivity index (χ1n) is 16.4. The first-order valence-corrected chi connectivity index (χ1v) is 17.2. The molecule has 0 aliphatic heterocycles. The lowest BCUT2D eigenvalue weighted by molar-refractivity contribution is 1.07. The highest BCUT2D eigenvalue weighted by atomic mass is 32.1. The van der Waals surface area contributed by atoms with Crippen LogP contribution in [0, 0.1) is 0 Å². The van der Waals surface area contributed by atoms with Gasteiger partial charge in [-0.2, -0.15) is 0 Å². The van der Waals surface area contributed by atoms with Crippen LogP contribution in [0.5, 0.6) is 0 Å². The summed E-state index contributed by atoms with van der Waals surface area (Å²) in [7, 11) is 0. The SMILES string of the molecule is c1ccc(-c2nc(-c3ccc(-c4ccc(-c5ccc6sc7ccccc7c6c5)cc4)cc3)nc(-c3ccccc3-c3ccccc3)n2)cc1. The minimum atomic E-state index is 0.643. The lowest BCUT2D eigenvalue weighted by Gasteiger charge is -2.12. The predicted molar refractivity (Wildman–Crippen MR) is 205 cm³/mol. The first-order chi connectivity index (χ1) is 24.3. The Hall–Kier alpha value is -6.23. The van der Waals surface area contributed by atoms with Crippen LogP contribution in [0.25, 0.3) is 87.7 Å². The van der Waals surface area contributed by atoms with Crippen LogP contribution < -0.4 is 0 Å². The summed E-state index contributed by atoms with van der Waals surface area (Å²) in [5.74, 6) is 1.94. The molecule has 230 valence electrons. The normalized spacial score (nSPS) is 11.3. The molecule has 0 saturated heterocycles. The van der Waals surface area contributed by atoms with Crippen LogP contribution in [-0.4, -0.2) is 15.0 Å². The van der Waals surface area contributed by atoms with Crippen molar-refractivity contribution in [2.45, 2.75) is 0 Å². The van der Waals surface area contributed by atoms with Gasteiger partial charge in [0.2, 0.25) is 0 Å². The van der Waals surface area contributed by atoms with Gasteiger partial charge in [0.25, 0.3) is 0 Å². The van der Waals surface area contributed by atoms with Crippen molar-refractivity contribution in [2.75, 3.05) is 0 Å². The number of thiophene rings is 1. The maximum Gasteiger partial charge on any atom is 0.164 e. The Morgan fingerprint density at radius 2 is 0.735 bits per heavy atom. The van der Waals surface area contributed by atoms with Crippen LogP contribution >= 0.6 is 11.3 Å². The largest absolute Gasteiger partial charge is 0.208 e. The molecule has 2 heterocycles. The topological polar surface area (TPSA) is 38.7 Å². The average Bonchev–Trinajstić information content (AvgIpc) is 3.57. The van der Waals surface area contributed by atoms with E-state index in [0.29, 0.717) is 17.5 Å². The molecule has 4 heteroatoms. The maximum atomic E-state index is 5.05. The molecule has 2 aromatic heterocycles. The van der Waals surface area contributed by atoms with E-state index in [1.54, 1.807) is 0 Å². The Balaban J connectivity index is 1.06. The number of rotatable bonds is 6. The van der Waals surface area contributed by atoms with Crippen molar-refractivity contribution in [3.8, 4) is 67.5 Å². The lowest BCUT2D eigenvalue weighted by atomic mass is 9.98. The van der Waals surface area contributed by atoms with Gasteiger partial charge in [-0.3, -0.25) is 0 Å². The van der Waals surface area contributed by atoms with E-state index in [1.165, 1.54) is 31.3 Å². The van der Waals surface area contributed by atoms with Gasteiger partial charge in [-0.05, 0) is 51.6 Å². The average molecular weight is 644 g/mol. The third kappa shape index (κ3) is 5.58.